The van der Waals surface area contributed by atoms with Crippen LogP contribution < -0.4 is 0 Å². The maximum atomic E-state index is 12.3. The summed E-state index contributed by atoms with van der Waals surface area (Å²) in [5.74, 6) is 0.800. The summed E-state index contributed by atoms with van der Waals surface area (Å²) < 4.78 is 29.6. The quantitative estimate of drug-likeness (QED) is 0.813. The second kappa shape index (κ2) is 6.72. The molecule has 8 heteroatoms. The van der Waals surface area contributed by atoms with Gasteiger partial charge in [-0.3, -0.25) is 4.79 Å². The summed E-state index contributed by atoms with van der Waals surface area (Å²) in [6.45, 7) is 2.82. The minimum absolute atomic E-state index is 0.0210. The fraction of sp³-hybridized carbons (Fsp3) is 0.438. The number of rotatable bonds is 5. The van der Waals surface area contributed by atoms with Crippen LogP contribution in [0.1, 0.15) is 30.5 Å². The van der Waals surface area contributed by atoms with E-state index in [2.05, 4.69) is 10.1 Å². The molecule has 0 saturated carbocycles. The Kier molecular flexibility index (Phi) is 4.66. The molecule has 0 N–H and O–H groups in total. The molecule has 3 rings (SSSR count). The number of carbonyl (C=O) groups is 1. The molecule has 24 heavy (non-hydrogen) atoms. The van der Waals surface area contributed by atoms with Gasteiger partial charge < -0.3 is 9.42 Å². The van der Waals surface area contributed by atoms with E-state index in [1.165, 1.54) is 0 Å². The van der Waals surface area contributed by atoms with E-state index < -0.39 is 9.84 Å². The lowest BCUT2D eigenvalue weighted by atomic mass is 10.1. The van der Waals surface area contributed by atoms with Crippen molar-refractivity contribution in [2.45, 2.75) is 30.6 Å². The third-order valence-corrected chi connectivity index (χ3v) is 5.85. The molecular formula is C16H19N3O4S. The number of amides is 1. The van der Waals surface area contributed by atoms with Crippen LogP contribution in [0.15, 0.2) is 39.8 Å². The maximum Gasteiger partial charge on any atom is 0.231 e. The van der Waals surface area contributed by atoms with Crippen LogP contribution in [0.4, 0.5) is 0 Å². The van der Waals surface area contributed by atoms with Gasteiger partial charge in [-0.2, -0.15) is 4.98 Å². The van der Waals surface area contributed by atoms with Gasteiger partial charge in [0.25, 0.3) is 0 Å². The van der Waals surface area contributed by atoms with Crippen LogP contribution in [0.2, 0.25) is 0 Å². The lowest BCUT2D eigenvalue weighted by Crippen LogP contribution is -2.30. The molecule has 0 spiro atoms. The summed E-state index contributed by atoms with van der Waals surface area (Å²) in [6.07, 6.45) is 0.728. The topological polar surface area (TPSA) is 93.4 Å². The lowest BCUT2D eigenvalue weighted by molar-refractivity contribution is -0.129. The van der Waals surface area contributed by atoms with E-state index in [1.54, 1.807) is 42.2 Å². The van der Waals surface area contributed by atoms with Crippen molar-refractivity contribution in [1.29, 1.82) is 0 Å². The Labute approximate surface area is 140 Å². The normalized spacial score (nSPS) is 18.0. The molecule has 128 valence electrons. The maximum absolute atomic E-state index is 12.3. The van der Waals surface area contributed by atoms with Gasteiger partial charge in [-0.1, -0.05) is 23.4 Å². The third kappa shape index (κ3) is 3.64. The molecule has 1 saturated heterocycles. The van der Waals surface area contributed by atoms with Crippen molar-refractivity contribution in [1.82, 2.24) is 15.0 Å². The number of aromatic nitrogens is 2. The van der Waals surface area contributed by atoms with Crippen LogP contribution in [-0.2, 0) is 14.6 Å². The molecule has 1 fully saturated rings. The largest absolute Gasteiger partial charge is 0.342 e. The SMILES string of the molecule is Cc1noc(C2CCN(C(=O)CCS(=O)(=O)c3ccccc3)C2)n1. The summed E-state index contributed by atoms with van der Waals surface area (Å²) in [7, 11) is -3.44. The highest BCUT2D eigenvalue weighted by molar-refractivity contribution is 7.91. The molecular weight excluding hydrogens is 330 g/mol. The van der Waals surface area contributed by atoms with E-state index in [-0.39, 0.29) is 28.9 Å². The van der Waals surface area contributed by atoms with Gasteiger partial charge in [0.2, 0.25) is 11.8 Å². The van der Waals surface area contributed by atoms with E-state index in [0.717, 1.165) is 6.42 Å². The molecule has 1 unspecified atom stereocenters. The summed E-state index contributed by atoms with van der Waals surface area (Å²) in [4.78, 5) is 18.4. The standard InChI is InChI=1S/C16H19N3O4S/c1-12-17-16(23-18-12)13-7-9-19(11-13)15(20)8-10-24(21,22)14-5-3-2-4-6-14/h2-6,13H,7-11H2,1H3. The third-order valence-electron chi connectivity index (χ3n) is 4.12. The Morgan fingerprint density at radius 3 is 2.75 bits per heavy atom. The fourth-order valence-electron chi connectivity index (χ4n) is 2.79. The highest BCUT2D eigenvalue weighted by atomic mass is 32.2. The van der Waals surface area contributed by atoms with Gasteiger partial charge in [-0.25, -0.2) is 8.42 Å². The fourth-order valence-corrected chi connectivity index (χ4v) is 4.04. The number of carbonyl (C=O) groups excluding carboxylic acids is 1. The Morgan fingerprint density at radius 1 is 1.33 bits per heavy atom. The van der Waals surface area contributed by atoms with Crippen LogP contribution in [0.5, 0.6) is 0 Å². The number of hydrogen-bond acceptors (Lipinski definition) is 6. The van der Waals surface area contributed by atoms with Crippen LogP contribution in [0, 0.1) is 6.92 Å². The first-order valence-electron chi connectivity index (χ1n) is 7.81. The van der Waals surface area contributed by atoms with Gasteiger partial charge in [0.15, 0.2) is 15.7 Å². The molecule has 2 aromatic rings. The van der Waals surface area contributed by atoms with Gasteiger partial charge in [-0.15, -0.1) is 0 Å². The van der Waals surface area contributed by atoms with Gasteiger partial charge >= 0.3 is 0 Å². The second-order valence-electron chi connectivity index (χ2n) is 5.89. The number of benzene rings is 1. The molecule has 1 amide bonds. The average Bonchev–Trinajstić information content (AvgIpc) is 3.22. The van der Waals surface area contributed by atoms with E-state index in [4.69, 9.17) is 4.52 Å². The molecule has 1 aromatic heterocycles. The summed E-state index contributed by atoms with van der Waals surface area (Å²) in [5, 5.41) is 3.76. The molecule has 0 bridgehead atoms. The number of hydrogen-bond donors (Lipinski definition) is 0. The van der Waals surface area contributed by atoms with Crippen LogP contribution in [0.3, 0.4) is 0 Å². The number of likely N-dealkylation sites (tertiary alicyclic amines) is 1. The molecule has 1 aliphatic heterocycles. The van der Waals surface area contributed by atoms with Crippen molar-refractivity contribution in [3.05, 3.63) is 42.0 Å². The molecule has 1 aliphatic rings. The van der Waals surface area contributed by atoms with Gasteiger partial charge in [-0.05, 0) is 25.5 Å². The minimum Gasteiger partial charge on any atom is -0.342 e. The number of nitrogens with zero attached hydrogens (tertiary/aromatic N) is 3. The summed E-state index contributed by atoms with van der Waals surface area (Å²) >= 11 is 0. The van der Waals surface area contributed by atoms with Crippen molar-refractivity contribution in [2.24, 2.45) is 0 Å². The highest BCUT2D eigenvalue weighted by Gasteiger charge is 2.31. The molecule has 2 heterocycles. The molecule has 1 aromatic carbocycles. The monoisotopic (exact) mass is 349 g/mol. The van der Waals surface area contributed by atoms with E-state index >= 15 is 0 Å². The summed E-state index contributed by atoms with van der Waals surface area (Å²) in [6, 6.07) is 8.19. The summed E-state index contributed by atoms with van der Waals surface area (Å²) in [5.41, 5.74) is 0. The van der Waals surface area contributed by atoms with Crippen molar-refractivity contribution < 1.29 is 17.7 Å². The zero-order valence-electron chi connectivity index (χ0n) is 13.4. The Balaban J connectivity index is 1.56. The predicted octanol–water partition coefficient (Wildman–Crippen LogP) is 1.56. The van der Waals surface area contributed by atoms with E-state index in [9.17, 15) is 13.2 Å². The molecule has 0 radical (unpaired) electrons. The zero-order chi connectivity index (χ0) is 17.2. The minimum atomic E-state index is -3.44. The van der Waals surface area contributed by atoms with Gasteiger partial charge in [0, 0.05) is 19.5 Å². The van der Waals surface area contributed by atoms with Gasteiger partial charge in [0.1, 0.15) is 0 Å². The van der Waals surface area contributed by atoms with Crippen molar-refractivity contribution in [2.75, 3.05) is 18.8 Å². The Hall–Kier alpha value is -2.22. The first kappa shape index (κ1) is 16.6. The van der Waals surface area contributed by atoms with Crippen molar-refractivity contribution >= 4 is 15.7 Å². The van der Waals surface area contributed by atoms with E-state index in [0.29, 0.717) is 24.8 Å². The first-order chi connectivity index (χ1) is 11.5. The lowest BCUT2D eigenvalue weighted by Gasteiger charge is -2.15. The van der Waals surface area contributed by atoms with Crippen molar-refractivity contribution in [3.8, 4) is 0 Å². The van der Waals surface area contributed by atoms with Crippen LogP contribution in [0.25, 0.3) is 0 Å². The first-order valence-corrected chi connectivity index (χ1v) is 9.47. The molecule has 0 aliphatic carbocycles. The van der Waals surface area contributed by atoms with Gasteiger partial charge in [0.05, 0.1) is 16.6 Å². The van der Waals surface area contributed by atoms with Crippen LogP contribution in [-0.4, -0.2) is 48.2 Å². The predicted molar refractivity (Wildman–Crippen MR) is 86.1 cm³/mol. The number of sulfone groups is 1. The average molecular weight is 349 g/mol. The highest BCUT2D eigenvalue weighted by Crippen LogP contribution is 2.26. The van der Waals surface area contributed by atoms with Crippen molar-refractivity contribution in [3.63, 3.8) is 0 Å². The Morgan fingerprint density at radius 2 is 2.08 bits per heavy atom. The Bertz CT molecular complexity index is 817. The molecule has 1 atom stereocenters. The van der Waals surface area contributed by atoms with Crippen LogP contribution >= 0.6 is 0 Å². The molecule has 7 nitrogen and oxygen atoms in total. The van der Waals surface area contributed by atoms with E-state index in [1.807, 2.05) is 0 Å². The second-order valence-corrected chi connectivity index (χ2v) is 8.00. The number of aryl methyl sites for hydroxylation is 1. The zero-order valence-corrected chi connectivity index (χ0v) is 14.2. The smallest absolute Gasteiger partial charge is 0.231 e.